The molecule has 0 atom stereocenters. The van der Waals surface area contributed by atoms with Crippen LogP contribution in [0, 0.1) is 5.82 Å². The highest BCUT2D eigenvalue weighted by atomic mass is 32.1. The lowest BCUT2D eigenvalue weighted by molar-refractivity contribution is 0.0827. The molecule has 2 aromatic heterocycles. The molecule has 0 bridgehead atoms. The number of aromatic nitrogens is 2. The first-order valence-corrected chi connectivity index (χ1v) is 10.9. The molecule has 0 aliphatic rings. The van der Waals surface area contributed by atoms with Crippen LogP contribution in [0.2, 0.25) is 0 Å². The molecular weight excluding hydrogens is 423 g/mol. The summed E-state index contributed by atoms with van der Waals surface area (Å²) in [4.78, 5) is 22.4. The van der Waals surface area contributed by atoms with E-state index in [0.717, 1.165) is 32.5 Å². The molecule has 0 saturated heterocycles. The average molecular weight is 443 g/mol. The fraction of sp³-hybridized carbons (Fsp3) is 0.0800. The Morgan fingerprint density at radius 1 is 0.969 bits per heavy atom. The Morgan fingerprint density at radius 3 is 2.66 bits per heavy atom. The van der Waals surface area contributed by atoms with Crippen LogP contribution >= 0.6 is 11.3 Å². The highest BCUT2D eigenvalue weighted by Gasteiger charge is 2.14. The zero-order valence-corrected chi connectivity index (χ0v) is 18.3. The van der Waals surface area contributed by atoms with Crippen molar-refractivity contribution in [2.45, 2.75) is 0 Å². The average Bonchev–Trinajstić information content (AvgIpc) is 3.26. The molecule has 2 heterocycles. The number of carbonyl (C=O) groups excluding carboxylic acids is 1. The van der Waals surface area contributed by atoms with Gasteiger partial charge < -0.3 is 10.2 Å². The fourth-order valence-corrected chi connectivity index (χ4v) is 4.31. The van der Waals surface area contributed by atoms with Crippen LogP contribution in [0.3, 0.4) is 0 Å². The number of nitrogens with one attached hydrogen (secondary N) is 1. The minimum absolute atomic E-state index is 0.235. The van der Waals surface area contributed by atoms with Gasteiger partial charge in [0.1, 0.15) is 5.82 Å². The molecule has 0 spiro atoms. The third-order valence-electron chi connectivity index (χ3n) is 5.28. The fourth-order valence-electron chi connectivity index (χ4n) is 3.65. The first kappa shape index (κ1) is 20.1. The van der Waals surface area contributed by atoms with Gasteiger partial charge >= 0.3 is 0 Å². The van der Waals surface area contributed by atoms with E-state index < -0.39 is 5.82 Å². The summed E-state index contributed by atoms with van der Waals surface area (Å²) in [5.41, 5.74) is 6.81. The Kier molecular flexibility index (Phi) is 5.03. The van der Waals surface area contributed by atoms with Crippen LogP contribution in [0.15, 0.2) is 72.4 Å². The summed E-state index contributed by atoms with van der Waals surface area (Å²) in [5, 5.41) is 4.31. The lowest BCUT2D eigenvalue weighted by atomic mass is 10.00. The number of carbonyl (C=O) groups is 1. The van der Waals surface area contributed by atoms with Crippen molar-refractivity contribution in [2.24, 2.45) is 0 Å². The summed E-state index contributed by atoms with van der Waals surface area (Å²) < 4.78 is 16.0. The number of amides is 1. The number of hydrogen-bond donors (Lipinski definition) is 1. The minimum Gasteiger partial charge on any atom is -0.355 e. The van der Waals surface area contributed by atoms with Crippen molar-refractivity contribution in [3.63, 3.8) is 0 Å². The number of hydrogen-bond acceptors (Lipinski definition) is 5. The summed E-state index contributed by atoms with van der Waals surface area (Å²) in [5.74, 6) is -0.675. The van der Waals surface area contributed by atoms with Crippen molar-refractivity contribution in [3.8, 4) is 11.1 Å². The van der Waals surface area contributed by atoms with Gasteiger partial charge in [-0.15, -0.1) is 11.3 Å². The van der Waals surface area contributed by atoms with Crippen molar-refractivity contribution in [1.82, 2.24) is 14.9 Å². The largest absolute Gasteiger partial charge is 0.355 e. The van der Waals surface area contributed by atoms with Crippen molar-refractivity contribution < 1.29 is 9.18 Å². The van der Waals surface area contributed by atoms with Crippen LogP contribution in [-0.2, 0) is 0 Å². The zero-order valence-electron chi connectivity index (χ0n) is 17.5. The van der Waals surface area contributed by atoms with Crippen LogP contribution in [0.25, 0.3) is 32.2 Å². The molecule has 158 valence electrons. The molecule has 0 saturated carbocycles. The maximum atomic E-state index is 14.9. The molecule has 5 rings (SSSR count). The van der Waals surface area contributed by atoms with Gasteiger partial charge in [-0.3, -0.25) is 9.78 Å². The quantitative estimate of drug-likeness (QED) is 0.366. The Hall–Kier alpha value is -3.84. The number of benzene rings is 3. The van der Waals surface area contributed by atoms with E-state index in [1.54, 1.807) is 43.8 Å². The van der Waals surface area contributed by atoms with Crippen LogP contribution in [-0.4, -0.2) is 34.9 Å². The smallest absolute Gasteiger partial charge is 0.253 e. The topological polar surface area (TPSA) is 58.1 Å². The van der Waals surface area contributed by atoms with Gasteiger partial charge in [0.25, 0.3) is 5.91 Å². The maximum absolute atomic E-state index is 14.9. The maximum Gasteiger partial charge on any atom is 0.253 e. The van der Waals surface area contributed by atoms with Gasteiger partial charge in [-0.2, -0.15) is 0 Å². The number of thiazole rings is 1. The number of halogens is 1. The van der Waals surface area contributed by atoms with E-state index in [0.29, 0.717) is 16.7 Å². The monoisotopic (exact) mass is 442 g/mol. The van der Waals surface area contributed by atoms with Gasteiger partial charge in [-0.25, -0.2) is 9.37 Å². The summed E-state index contributed by atoms with van der Waals surface area (Å²) in [6.45, 7) is 0. The second-order valence-corrected chi connectivity index (χ2v) is 8.53. The third kappa shape index (κ3) is 3.67. The molecule has 32 heavy (non-hydrogen) atoms. The first-order chi connectivity index (χ1) is 15.5. The van der Waals surface area contributed by atoms with Crippen molar-refractivity contribution >= 4 is 49.7 Å². The summed E-state index contributed by atoms with van der Waals surface area (Å²) in [6, 6.07) is 18.2. The Bertz CT molecular complexity index is 1480. The van der Waals surface area contributed by atoms with E-state index in [-0.39, 0.29) is 5.91 Å². The first-order valence-electron chi connectivity index (χ1n) is 10.0. The highest BCUT2D eigenvalue weighted by Crippen LogP contribution is 2.32. The molecular formula is C25H19FN4OS. The van der Waals surface area contributed by atoms with E-state index in [9.17, 15) is 9.18 Å². The summed E-state index contributed by atoms with van der Waals surface area (Å²) in [7, 11) is 3.29. The van der Waals surface area contributed by atoms with Gasteiger partial charge in [-0.05, 0) is 54.1 Å². The molecule has 0 aliphatic heterocycles. The standard InChI is InChI=1S/C25H19FN4OS/c1-30(2)25(31)16-3-6-18(20(26)12-16)15-4-7-21-19(11-15)22(9-10-27-21)29-17-5-8-24-23(13-17)28-14-32-24/h3-14H,1-2H3,(H,27,29). The predicted octanol–water partition coefficient (Wildman–Crippen LogP) is 6.10. The molecule has 1 amide bonds. The molecule has 0 unspecified atom stereocenters. The van der Waals surface area contributed by atoms with Crippen molar-refractivity contribution in [3.05, 3.63) is 83.8 Å². The summed E-state index contributed by atoms with van der Waals surface area (Å²) >= 11 is 1.60. The van der Waals surface area contributed by atoms with Crippen LogP contribution in [0.5, 0.6) is 0 Å². The van der Waals surface area contributed by atoms with Crippen LogP contribution in [0.4, 0.5) is 15.8 Å². The minimum atomic E-state index is -0.440. The Balaban J connectivity index is 1.54. The van der Waals surface area contributed by atoms with Gasteiger partial charge in [-0.1, -0.05) is 12.1 Å². The normalized spacial score (nSPS) is 11.1. The highest BCUT2D eigenvalue weighted by molar-refractivity contribution is 7.16. The Morgan fingerprint density at radius 2 is 1.84 bits per heavy atom. The molecule has 5 nitrogen and oxygen atoms in total. The van der Waals surface area contributed by atoms with Gasteiger partial charge in [0, 0.05) is 48.2 Å². The predicted molar refractivity (Wildman–Crippen MR) is 128 cm³/mol. The molecule has 0 fully saturated rings. The lowest BCUT2D eigenvalue weighted by Gasteiger charge is -2.13. The number of anilines is 2. The van der Waals surface area contributed by atoms with E-state index in [2.05, 4.69) is 15.3 Å². The molecule has 3 aromatic carbocycles. The number of fused-ring (bicyclic) bond motifs is 2. The number of rotatable bonds is 4. The van der Waals surface area contributed by atoms with Crippen molar-refractivity contribution in [2.75, 3.05) is 19.4 Å². The lowest BCUT2D eigenvalue weighted by Crippen LogP contribution is -2.21. The summed E-state index contributed by atoms with van der Waals surface area (Å²) in [6.07, 6.45) is 1.74. The molecule has 7 heteroatoms. The second kappa shape index (κ2) is 8.01. The molecule has 0 aliphatic carbocycles. The van der Waals surface area contributed by atoms with Gasteiger partial charge in [0.05, 0.1) is 21.2 Å². The van der Waals surface area contributed by atoms with Crippen LogP contribution in [0.1, 0.15) is 10.4 Å². The molecule has 5 aromatic rings. The molecule has 0 radical (unpaired) electrons. The van der Waals surface area contributed by atoms with Gasteiger partial charge in [0.15, 0.2) is 0 Å². The third-order valence-corrected chi connectivity index (χ3v) is 6.09. The van der Waals surface area contributed by atoms with E-state index in [1.165, 1.54) is 11.0 Å². The Labute approximate surface area is 188 Å². The van der Waals surface area contributed by atoms with E-state index >= 15 is 0 Å². The van der Waals surface area contributed by atoms with Crippen LogP contribution < -0.4 is 5.32 Å². The van der Waals surface area contributed by atoms with E-state index in [4.69, 9.17) is 0 Å². The second-order valence-electron chi connectivity index (χ2n) is 7.64. The van der Waals surface area contributed by atoms with Gasteiger partial charge in [0.2, 0.25) is 0 Å². The number of pyridine rings is 1. The number of nitrogens with zero attached hydrogens (tertiary/aromatic N) is 3. The SMILES string of the molecule is CN(C)C(=O)c1ccc(-c2ccc3nccc(Nc4ccc5scnc5c4)c3c2)c(F)c1. The van der Waals surface area contributed by atoms with Crippen molar-refractivity contribution in [1.29, 1.82) is 0 Å². The molecule has 1 N–H and O–H groups in total. The zero-order chi connectivity index (χ0) is 22.2. The van der Waals surface area contributed by atoms with E-state index in [1.807, 2.05) is 48.0 Å².